The number of rotatable bonds is 17. The largest absolute Gasteiger partial charge is 0.346 e. The highest BCUT2D eigenvalue weighted by Crippen LogP contribution is 2.36. The van der Waals surface area contributed by atoms with Crippen LogP contribution >= 0.6 is 11.3 Å². The van der Waals surface area contributed by atoms with Gasteiger partial charge in [-0.15, -0.1) is 17.9 Å². The molecule has 1 aromatic rings. The topological polar surface area (TPSA) is 174 Å². The molecule has 1 unspecified atom stereocenters. The summed E-state index contributed by atoms with van der Waals surface area (Å²) in [4.78, 5) is 69.8. The first kappa shape index (κ1) is 44.1. The zero-order chi connectivity index (χ0) is 40.1. The number of carbonyl (C=O) groups is 5. The van der Waals surface area contributed by atoms with Gasteiger partial charge in [0.2, 0.25) is 17.6 Å². The molecule has 1 saturated heterocycles. The van der Waals surface area contributed by atoms with Crippen molar-refractivity contribution in [2.75, 3.05) is 19.6 Å². The van der Waals surface area contributed by atoms with E-state index < -0.39 is 80.6 Å². The monoisotopic (exact) mass is 778 g/mol. The number of sulfonamides is 1. The molecule has 4 N–H and O–H groups in total. The normalized spacial score (nSPS) is 19.8. The van der Waals surface area contributed by atoms with E-state index in [4.69, 9.17) is 0 Å². The van der Waals surface area contributed by atoms with E-state index in [2.05, 4.69) is 27.8 Å². The Morgan fingerprint density at radius 3 is 2.11 bits per heavy atom. The molecule has 2 aliphatic rings. The molecule has 3 rings (SSSR count). The lowest BCUT2D eigenvalue weighted by Crippen LogP contribution is -2.62. The summed E-state index contributed by atoms with van der Waals surface area (Å²) in [6.45, 7) is 22.7. The quantitative estimate of drug-likeness (QED) is 0.135. The van der Waals surface area contributed by atoms with Crippen molar-refractivity contribution < 1.29 is 32.4 Å². The van der Waals surface area contributed by atoms with E-state index in [9.17, 15) is 32.4 Å². The fourth-order valence-electron chi connectivity index (χ4n) is 6.66. The van der Waals surface area contributed by atoms with Gasteiger partial charge in [0, 0.05) is 31.7 Å². The number of nitrogens with one attached hydrogen (secondary N) is 4. The van der Waals surface area contributed by atoms with E-state index in [1.807, 2.05) is 55.4 Å². The number of nitrogens with zero attached hydrogens (tertiary/aromatic N) is 2. The van der Waals surface area contributed by atoms with Crippen LogP contribution in [-0.4, -0.2) is 97.0 Å². The SMILES string of the molecule is C=CCNC(=O)C(=O)C(CC1CC1)NC(=O)[C@@H]1[C@@H](C(C)C)CCN1C(=O)[C@@H](NC(=O)N[C@H](CN(C(C)C)S(=O)(=O)c1cccs1)C(C)(C)C)C(C)(C)C. The smallest absolute Gasteiger partial charge is 0.315 e. The Bertz CT molecular complexity index is 1580. The summed E-state index contributed by atoms with van der Waals surface area (Å²) in [5, 5.41) is 12.9. The van der Waals surface area contributed by atoms with Gasteiger partial charge < -0.3 is 26.2 Å². The summed E-state index contributed by atoms with van der Waals surface area (Å²) in [5.74, 6) is -2.46. The maximum absolute atomic E-state index is 14.5. The van der Waals surface area contributed by atoms with E-state index in [0.29, 0.717) is 12.8 Å². The number of urea groups is 1. The van der Waals surface area contributed by atoms with Gasteiger partial charge in [-0.3, -0.25) is 19.2 Å². The molecule has 0 aromatic carbocycles. The average Bonchev–Trinajstić information content (AvgIpc) is 3.48. The third-order valence-electron chi connectivity index (χ3n) is 10.1. The molecule has 2 heterocycles. The minimum absolute atomic E-state index is 0.000252. The van der Waals surface area contributed by atoms with Gasteiger partial charge in [-0.2, -0.15) is 4.31 Å². The molecule has 5 atom stereocenters. The van der Waals surface area contributed by atoms with E-state index in [1.54, 1.807) is 31.4 Å². The van der Waals surface area contributed by atoms with Crippen LogP contribution in [0.2, 0.25) is 0 Å². The summed E-state index contributed by atoms with van der Waals surface area (Å²) in [6.07, 6.45) is 4.17. The first-order valence-electron chi connectivity index (χ1n) is 18.7. The van der Waals surface area contributed by atoms with Crippen LogP contribution in [0, 0.1) is 28.6 Å². The van der Waals surface area contributed by atoms with Gasteiger partial charge in [0.25, 0.3) is 15.9 Å². The number of ketones is 1. The maximum atomic E-state index is 14.5. The number of thiophene rings is 1. The molecule has 2 fully saturated rings. The molecule has 298 valence electrons. The lowest BCUT2D eigenvalue weighted by Gasteiger charge is -2.39. The molecule has 1 aliphatic carbocycles. The third kappa shape index (κ3) is 11.6. The van der Waals surface area contributed by atoms with Gasteiger partial charge in [0.15, 0.2) is 0 Å². The van der Waals surface area contributed by atoms with Crippen molar-refractivity contribution in [2.45, 2.75) is 129 Å². The molecule has 0 radical (unpaired) electrons. The predicted molar refractivity (Wildman–Crippen MR) is 207 cm³/mol. The van der Waals surface area contributed by atoms with E-state index in [0.717, 1.165) is 24.2 Å². The van der Waals surface area contributed by atoms with Crippen LogP contribution in [0.4, 0.5) is 4.79 Å². The van der Waals surface area contributed by atoms with Crippen LogP contribution < -0.4 is 21.3 Å². The fourth-order valence-corrected chi connectivity index (χ4v) is 9.43. The summed E-state index contributed by atoms with van der Waals surface area (Å²) < 4.78 is 28.8. The van der Waals surface area contributed by atoms with E-state index in [1.165, 1.54) is 15.3 Å². The van der Waals surface area contributed by atoms with Gasteiger partial charge >= 0.3 is 6.03 Å². The van der Waals surface area contributed by atoms with Crippen molar-refractivity contribution in [3.05, 3.63) is 30.2 Å². The zero-order valence-corrected chi connectivity index (χ0v) is 34.8. The van der Waals surface area contributed by atoms with Crippen LogP contribution in [0.25, 0.3) is 0 Å². The Morgan fingerprint density at radius 1 is 0.981 bits per heavy atom. The zero-order valence-electron chi connectivity index (χ0n) is 33.2. The van der Waals surface area contributed by atoms with Crippen LogP contribution in [-0.2, 0) is 29.2 Å². The Hall–Kier alpha value is -3.30. The summed E-state index contributed by atoms with van der Waals surface area (Å²) in [6, 6.07) is -1.46. The van der Waals surface area contributed by atoms with Gasteiger partial charge in [0.1, 0.15) is 16.3 Å². The van der Waals surface area contributed by atoms with Crippen LogP contribution in [0.5, 0.6) is 0 Å². The average molecular weight is 779 g/mol. The minimum atomic E-state index is -3.84. The Kier molecular flexibility index (Phi) is 14.9. The molecule has 15 heteroatoms. The van der Waals surface area contributed by atoms with Gasteiger partial charge in [-0.25, -0.2) is 13.2 Å². The number of likely N-dealkylation sites (tertiary alicyclic amines) is 1. The van der Waals surface area contributed by atoms with Crippen LogP contribution in [0.3, 0.4) is 0 Å². The third-order valence-corrected chi connectivity index (χ3v) is 13.5. The molecular weight excluding hydrogens is 717 g/mol. The van der Waals surface area contributed by atoms with Crippen molar-refractivity contribution in [2.24, 2.45) is 28.6 Å². The molecule has 1 aliphatic heterocycles. The van der Waals surface area contributed by atoms with E-state index in [-0.39, 0.29) is 41.6 Å². The van der Waals surface area contributed by atoms with Gasteiger partial charge in [-0.05, 0) is 66.7 Å². The molecule has 0 bridgehead atoms. The highest BCUT2D eigenvalue weighted by atomic mass is 32.2. The van der Waals surface area contributed by atoms with Crippen LogP contribution in [0.1, 0.15) is 94.9 Å². The lowest BCUT2D eigenvalue weighted by molar-refractivity contribution is -0.144. The summed E-state index contributed by atoms with van der Waals surface area (Å²) >= 11 is 1.13. The number of carbonyl (C=O) groups excluding carboxylic acids is 5. The first-order valence-corrected chi connectivity index (χ1v) is 21.0. The summed E-state index contributed by atoms with van der Waals surface area (Å²) in [5.41, 5.74) is -1.36. The molecule has 0 spiro atoms. The summed E-state index contributed by atoms with van der Waals surface area (Å²) in [7, 11) is -3.84. The molecule has 13 nitrogen and oxygen atoms in total. The predicted octanol–water partition coefficient (Wildman–Crippen LogP) is 4.31. The molecular formula is C38H62N6O7S2. The highest BCUT2D eigenvalue weighted by molar-refractivity contribution is 7.91. The maximum Gasteiger partial charge on any atom is 0.315 e. The van der Waals surface area contributed by atoms with Crippen LogP contribution in [0.15, 0.2) is 34.4 Å². The van der Waals surface area contributed by atoms with Crippen molar-refractivity contribution in [1.82, 2.24) is 30.5 Å². The standard InChI is InChI=1S/C38H62N6O7S2/c1-12-18-39-34(47)31(45)27(21-25-15-16-25)40-33(46)30-26(23(2)3)17-19-43(30)35(48)32(38(9,10)11)42-36(49)41-28(37(6,7)8)22-44(24(4)5)53(50,51)29-14-13-20-52-29/h12-14,20,23-28,30,32H,1,15-19,21-22H2,2-11H3,(H,39,47)(H,40,46)(H2,41,42,49)/t26-,27?,28-,30+,32-/m1/s1. The molecule has 5 amide bonds. The Balaban J connectivity index is 1.86. The molecule has 1 saturated carbocycles. The van der Waals surface area contributed by atoms with E-state index >= 15 is 0 Å². The second-order valence-corrected chi connectivity index (χ2v) is 20.3. The molecule has 53 heavy (non-hydrogen) atoms. The second kappa shape index (κ2) is 17.9. The lowest BCUT2D eigenvalue weighted by atomic mass is 9.84. The van der Waals surface area contributed by atoms with Crippen molar-refractivity contribution >= 4 is 50.9 Å². The molecule has 1 aromatic heterocycles. The minimum Gasteiger partial charge on any atom is -0.346 e. The van der Waals surface area contributed by atoms with Gasteiger partial charge in [-0.1, -0.05) is 80.4 Å². The number of hydrogen-bond donors (Lipinski definition) is 4. The van der Waals surface area contributed by atoms with Gasteiger partial charge in [0.05, 0.1) is 6.04 Å². The second-order valence-electron chi connectivity index (χ2n) is 17.2. The number of hydrogen-bond acceptors (Lipinski definition) is 8. The Morgan fingerprint density at radius 2 is 1.62 bits per heavy atom. The highest BCUT2D eigenvalue weighted by Gasteiger charge is 2.48. The number of amides is 5. The number of Topliss-reactive ketones (excluding diaryl/α,β-unsaturated/α-hetero) is 1. The fraction of sp³-hybridized carbons (Fsp3) is 0.711. The Labute approximate surface area is 320 Å². The first-order chi connectivity index (χ1) is 24.5. The van der Waals surface area contributed by atoms with Crippen molar-refractivity contribution in [3.8, 4) is 0 Å². The van der Waals surface area contributed by atoms with Crippen molar-refractivity contribution in [1.29, 1.82) is 0 Å². The van der Waals surface area contributed by atoms with Crippen molar-refractivity contribution in [3.63, 3.8) is 0 Å².